The maximum atomic E-state index is 11.6. The van der Waals surface area contributed by atoms with Crippen molar-refractivity contribution < 1.29 is 17.4 Å². The molecular weight excluding hydrogens is 221 g/mol. The van der Waals surface area contributed by atoms with Crippen LogP contribution in [0.2, 0.25) is 0 Å². The first-order chi connectivity index (χ1) is 6.97. The molecule has 6 heteroatoms. The van der Waals surface area contributed by atoms with Gasteiger partial charge in [-0.1, -0.05) is 19.3 Å². The van der Waals surface area contributed by atoms with Crippen LogP contribution in [0.1, 0.15) is 32.1 Å². The Morgan fingerprint density at radius 3 is 1.87 bits per heavy atom. The number of alkyl halides is 1. The molecule has 0 fully saturated rings. The maximum absolute atomic E-state index is 11.6. The fourth-order valence-electron chi connectivity index (χ4n) is 0.909. The molecule has 0 aromatic carbocycles. The van der Waals surface area contributed by atoms with Crippen LogP contribution in [0.3, 0.4) is 0 Å². The molecule has 0 amide bonds. The molecule has 0 saturated carbocycles. The minimum Gasteiger partial charge on any atom is -0.323 e. The second-order valence-electron chi connectivity index (χ2n) is 3.24. The summed E-state index contributed by atoms with van der Waals surface area (Å²) in [4.78, 5) is 0. The standard InChI is InChI=1S/C7H15FO3S.C2H7N/c8-6-4-2-1-3-5-7-12(9,10)11;1-3-2/h1-7H2,(H,9,10,11);3H,1-2H3. The summed E-state index contributed by atoms with van der Waals surface area (Å²) in [5.41, 5.74) is 0. The molecule has 94 valence electrons. The Bertz CT molecular complexity index is 207. The molecule has 0 aliphatic rings. The molecule has 0 saturated heterocycles. The molecule has 0 radical (unpaired) electrons. The highest BCUT2D eigenvalue weighted by atomic mass is 32.2. The highest BCUT2D eigenvalue weighted by molar-refractivity contribution is 7.85. The highest BCUT2D eigenvalue weighted by Crippen LogP contribution is 2.04. The van der Waals surface area contributed by atoms with Crippen molar-refractivity contribution in [3.05, 3.63) is 0 Å². The SMILES string of the molecule is CNC.O=S(=O)(O)CCCCCCCF. The second kappa shape index (κ2) is 11.9. The summed E-state index contributed by atoms with van der Waals surface area (Å²) >= 11 is 0. The van der Waals surface area contributed by atoms with Crippen molar-refractivity contribution in [1.29, 1.82) is 0 Å². The van der Waals surface area contributed by atoms with E-state index in [0.29, 0.717) is 12.8 Å². The zero-order valence-electron chi connectivity index (χ0n) is 9.50. The van der Waals surface area contributed by atoms with Gasteiger partial charge in [0.15, 0.2) is 0 Å². The topological polar surface area (TPSA) is 66.4 Å². The molecule has 0 unspecified atom stereocenters. The van der Waals surface area contributed by atoms with Gasteiger partial charge in [0.2, 0.25) is 0 Å². The van der Waals surface area contributed by atoms with E-state index in [2.05, 4.69) is 5.32 Å². The first-order valence-corrected chi connectivity index (χ1v) is 6.68. The van der Waals surface area contributed by atoms with Crippen molar-refractivity contribution in [3.8, 4) is 0 Å². The number of rotatable bonds is 7. The first kappa shape index (κ1) is 17.2. The van der Waals surface area contributed by atoms with Crippen molar-refractivity contribution in [1.82, 2.24) is 5.32 Å². The molecule has 0 aliphatic carbocycles. The fourth-order valence-corrected chi connectivity index (χ4v) is 1.48. The third-order valence-corrected chi connectivity index (χ3v) is 2.34. The summed E-state index contributed by atoms with van der Waals surface area (Å²) in [6.07, 6.45) is 3.37. The molecule has 0 aromatic heterocycles. The number of halogens is 1. The van der Waals surface area contributed by atoms with Crippen molar-refractivity contribution in [3.63, 3.8) is 0 Å². The molecule has 4 nitrogen and oxygen atoms in total. The minimum atomic E-state index is -3.79. The monoisotopic (exact) mass is 243 g/mol. The predicted octanol–water partition coefficient (Wildman–Crippen LogP) is 1.63. The maximum Gasteiger partial charge on any atom is 0.264 e. The third-order valence-electron chi connectivity index (χ3n) is 1.54. The van der Waals surface area contributed by atoms with E-state index in [0.717, 1.165) is 19.3 Å². The van der Waals surface area contributed by atoms with Crippen LogP contribution in [0.4, 0.5) is 4.39 Å². The average molecular weight is 243 g/mol. The van der Waals surface area contributed by atoms with Gasteiger partial charge in [0.1, 0.15) is 0 Å². The lowest BCUT2D eigenvalue weighted by atomic mass is 10.2. The average Bonchev–Trinajstić information content (AvgIpc) is 2.11. The largest absolute Gasteiger partial charge is 0.323 e. The van der Waals surface area contributed by atoms with Crippen LogP contribution in [0.15, 0.2) is 0 Å². The van der Waals surface area contributed by atoms with E-state index in [9.17, 15) is 12.8 Å². The Morgan fingerprint density at radius 2 is 1.47 bits per heavy atom. The quantitative estimate of drug-likeness (QED) is 0.527. The van der Waals surface area contributed by atoms with Crippen LogP contribution >= 0.6 is 0 Å². The number of nitrogens with one attached hydrogen (secondary N) is 1. The van der Waals surface area contributed by atoms with Gasteiger partial charge in [0.05, 0.1) is 12.4 Å². The number of hydrogen-bond acceptors (Lipinski definition) is 3. The van der Waals surface area contributed by atoms with E-state index in [1.165, 1.54) is 0 Å². The zero-order chi connectivity index (χ0) is 12.2. The third kappa shape index (κ3) is 24.8. The Morgan fingerprint density at radius 1 is 1.07 bits per heavy atom. The molecule has 0 heterocycles. The Kier molecular flexibility index (Phi) is 13.6. The molecule has 0 atom stereocenters. The Hall–Kier alpha value is -0.200. The van der Waals surface area contributed by atoms with Crippen molar-refractivity contribution in [2.75, 3.05) is 26.5 Å². The molecule has 0 rings (SSSR count). The van der Waals surface area contributed by atoms with E-state index < -0.39 is 10.1 Å². The van der Waals surface area contributed by atoms with Crippen LogP contribution in [-0.2, 0) is 10.1 Å². The summed E-state index contributed by atoms with van der Waals surface area (Å²) in [6, 6.07) is 0. The van der Waals surface area contributed by atoms with Crippen LogP contribution < -0.4 is 5.32 Å². The molecule has 15 heavy (non-hydrogen) atoms. The zero-order valence-corrected chi connectivity index (χ0v) is 10.3. The van der Waals surface area contributed by atoms with Gasteiger partial charge in [0.25, 0.3) is 10.1 Å². The lowest BCUT2D eigenvalue weighted by molar-refractivity contribution is 0.450. The van der Waals surface area contributed by atoms with Gasteiger partial charge in [0, 0.05) is 0 Å². The fraction of sp³-hybridized carbons (Fsp3) is 1.00. The number of unbranched alkanes of at least 4 members (excludes halogenated alkanes) is 4. The van der Waals surface area contributed by atoms with E-state index in [1.54, 1.807) is 0 Å². The summed E-state index contributed by atoms with van der Waals surface area (Å²) in [5.74, 6) is -0.178. The summed E-state index contributed by atoms with van der Waals surface area (Å²) in [6.45, 7) is -0.307. The van der Waals surface area contributed by atoms with Gasteiger partial charge >= 0.3 is 0 Å². The van der Waals surface area contributed by atoms with Crippen molar-refractivity contribution in [2.45, 2.75) is 32.1 Å². The van der Waals surface area contributed by atoms with E-state index in [4.69, 9.17) is 4.55 Å². The van der Waals surface area contributed by atoms with Gasteiger partial charge in [-0.2, -0.15) is 8.42 Å². The summed E-state index contributed by atoms with van der Waals surface area (Å²) in [7, 11) is -0.0409. The molecular formula is C9H22FNO3S. The normalized spacial score (nSPS) is 10.7. The van der Waals surface area contributed by atoms with Crippen LogP contribution in [0.5, 0.6) is 0 Å². The Balaban J connectivity index is 0. The smallest absolute Gasteiger partial charge is 0.264 e. The first-order valence-electron chi connectivity index (χ1n) is 5.07. The molecule has 0 spiro atoms. The molecule has 2 N–H and O–H groups in total. The van der Waals surface area contributed by atoms with Gasteiger partial charge < -0.3 is 5.32 Å². The van der Waals surface area contributed by atoms with Crippen molar-refractivity contribution in [2.24, 2.45) is 0 Å². The van der Waals surface area contributed by atoms with Crippen LogP contribution in [-0.4, -0.2) is 39.5 Å². The second-order valence-corrected chi connectivity index (χ2v) is 4.81. The molecule has 0 aliphatic heterocycles. The van der Waals surface area contributed by atoms with E-state index in [1.807, 2.05) is 14.1 Å². The van der Waals surface area contributed by atoms with Crippen LogP contribution in [0, 0.1) is 0 Å². The highest BCUT2D eigenvalue weighted by Gasteiger charge is 2.02. The predicted molar refractivity (Wildman–Crippen MR) is 60.5 cm³/mol. The lowest BCUT2D eigenvalue weighted by Gasteiger charge is -1.97. The van der Waals surface area contributed by atoms with E-state index in [-0.39, 0.29) is 12.4 Å². The van der Waals surface area contributed by atoms with Gasteiger partial charge in [-0.3, -0.25) is 8.94 Å². The molecule has 0 bridgehead atoms. The van der Waals surface area contributed by atoms with Gasteiger partial charge in [-0.05, 0) is 26.9 Å². The minimum absolute atomic E-state index is 0.178. The Labute approximate surface area is 92.0 Å². The van der Waals surface area contributed by atoms with Crippen molar-refractivity contribution >= 4 is 10.1 Å². The summed E-state index contributed by atoms with van der Waals surface area (Å²) in [5, 5.41) is 2.75. The van der Waals surface area contributed by atoms with E-state index >= 15 is 0 Å². The van der Waals surface area contributed by atoms with Crippen LogP contribution in [0.25, 0.3) is 0 Å². The van der Waals surface area contributed by atoms with Gasteiger partial charge in [-0.15, -0.1) is 0 Å². The number of hydrogen-bond donors (Lipinski definition) is 2. The summed E-state index contributed by atoms with van der Waals surface area (Å²) < 4.78 is 40.3. The molecule has 0 aromatic rings. The lowest BCUT2D eigenvalue weighted by Crippen LogP contribution is -2.03. The van der Waals surface area contributed by atoms with Gasteiger partial charge in [-0.25, -0.2) is 0 Å².